The Kier molecular flexibility index (Phi) is 4.31. The van der Waals surface area contributed by atoms with Crippen molar-refractivity contribution in [1.29, 1.82) is 0 Å². The predicted octanol–water partition coefficient (Wildman–Crippen LogP) is 2.76. The van der Waals surface area contributed by atoms with Gasteiger partial charge < -0.3 is 9.64 Å². The molecule has 1 amide bonds. The van der Waals surface area contributed by atoms with Crippen LogP contribution in [-0.2, 0) is 14.9 Å². The number of rotatable bonds is 2. The van der Waals surface area contributed by atoms with Crippen molar-refractivity contribution in [3.63, 3.8) is 0 Å². The van der Waals surface area contributed by atoms with Crippen LogP contribution in [0.5, 0.6) is 0 Å². The summed E-state index contributed by atoms with van der Waals surface area (Å²) in [6, 6.07) is 0. The molecular formula is C16H24N2O2S. The summed E-state index contributed by atoms with van der Waals surface area (Å²) < 4.78 is 5.45. The second-order valence-corrected chi connectivity index (χ2v) is 7.81. The monoisotopic (exact) mass is 308 g/mol. The minimum absolute atomic E-state index is 0.0882. The molecule has 2 saturated heterocycles. The van der Waals surface area contributed by atoms with E-state index < -0.39 is 0 Å². The summed E-state index contributed by atoms with van der Waals surface area (Å²) in [4.78, 5) is 20.4. The Bertz CT molecular complexity index is 500. The van der Waals surface area contributed by atoms with Crippen LogP contribution in [0.1, 0.15) is 42.5 Å². The number of nitrogens with zero attached hydrogens (tertiary/aromatic N) is 2. The van der Waals surface area contributed by atoms with E-state index in [1.54, 1.807) is 11.3 Å². The molecule has 0 unspecified atom stereocenters. The first-order valence-corrected chi connectivity index (χ1v) is 8.70. The molecule has 2 fully saturated rings. The van der Waals surface area contributed by atoms with Crippen LogP contribution in [0, 0.1) is 12.8 Å². The number of ether oxygens (including phenoxy) is 1. The maximum absolute atomic E-state index is 12.5. The third-order valence-electron chi connectivity index (χ3n) is 4.83. The van der Waals surface area contributed by atoms with Crippen molar-refractivity contribution in [1.82, 2.24) is 9.88 Å². The smallest absolute Gasteiger partial charge is 0.228 e. The molecule has 2 aliphatic rings. The number of aromatic nitrogens is 1. The van der Waals surface area contributed by atoms with E-state index in [0.717, 1.165) is 45.4 Å². The molecule has 1 aromatic rings. The fourth-order valence-electron chi connectivity index (χ4n) is 3.26. The summed E-state index contributed by atoms with van der Waals surface area (Å²) in [5.74, 6) is 0.386. The number of thiazole rings is 1. The highest BCUT2D eigenvalue weighted by atomic mass is 32.1. The van der Waals surface area contributed by atoms with Gasteiger partial charge in [-0.3, -0.25) is 4.79 Å². The Morgan fingerprint density at radius 1 is 1.48 bits per heavy atom. The van der Waals surface area contributed by atoms with E-state index in [9.17, 15) is 4.79 Å². The quantitative estimate of drug-likeness (QED) is 0.843. The van der Waals surface area contributed by atoms with Gasteiger partial charge in [0.25, 0.3) is 0 Å². The lowest BCUT2D eigenvalue weighted by Crippen LogP contribution is -2.47. The highest BCUT2D eigenvalue weighted by Gasteiger charge is 2.37. The van der Waals surface area contributed by atoms with Crippen LogP contribution in [0.3, 0.4) is 0 Å². The Hall–Kier alpha value is -0.940. The molecule has 21 heavy (non-hydrogen) atoms. The average Bonchev–Trinajstić information content (AvgIpc) is 2.96. The Morgan fingerprint density at radius 3 is 2.81 bits per heavy atom. The van der Waals surface area contributed by atoms with Crippen LogP contribution < -0.4 is 0 Å². The Labute approximate surface area is 130 Å². The molecule has 0 bridgehead atoms. The molecule has 0 aromatic carbocycles. The first-order valence-electron chi connectivity index (χ1n) is 7.88. The molecule has 116 valence electrons. The second kappa shape index (κ2) is 6.05. The predicted molar refractivity (Wildman–Crippen MR) is 83.6 cm³/mol. The van der Waals surface area contributed by atoms with Gasteiger partial charge in [-0.15, -0.1) is 11.3 Å². The summed E-state index contributed by atoms with van der Waals surface area (Å²) >= 11 is 1.80. The number of piperidine rings is 1. The minimum atomic E-state index is 0.0882. The zero-order valence-corrected chi connectivity index (χ0v) is 13.7. The van der Waals surface area contributed by atoms with E-state index in [-0.39, 0.29) is 11.3 Å². The average molecular weight is 308 g/mol. The maximum Gasteiger partial charge on any atom is 0.228 e. The van der Waals surface area contributed by atoms with Crippen molar-refractivity contribution in [3.8, 4) is 0 Å². The number of hydrogen-bond donors (Lipinski definition) is 0. The van der Waals surface area contributed by atoms with Gasteiger partial charge in [0.1, 0.15) is 0 Å². The zero-order chi connectivity index (χ0) is 14.9. The standard InChI is InChI=1S/C16H24N2O2S/c1-12-10-17-15(21-12)16(2)5-7-18(8-6-16)14(19)13-4-3-9-20-11-13/h10,13H,3-9,11H2,1-2H3/t13-/m0/s1. The van der Waals surface area contributed by atoms with E-state index in [2.05, 4.69) is 18.8 Å². The lowest BCUT2D eigenvalue weighted by molar-refractivity contribution is -0.141. The summed E-state index contributed by atoms with van der Waals surface area (Å²) in [6.07, 6.45) is 5.99. The van der Waals surface area contributed by atoms with E-state index in [0.29, 0.717) is 12.5 Å². The van der Waals surface area contributed by atoms with Crippen molar-refractivity contribution in [2.45, 2.75) is 44.9 Å². The molecule has 1 atom stereocenters. The highest BCUT2D eigenvalue weighted by Crippen LogP contribution is 2.37. The van der Waals surface area contributed by atoms with Crippen LogP contribution in [0.15, 0.2) is 6.20 Å². The van der Waals surface area contributed by atoms with Crippen molar-refractivity contribution < 1.29 is 9.53 Å². The molecule has 0 radical (unpaired) electrons. The number of aryl methyl sites for hydroxylation is 1. The molecule has 0 aliphatic carbocycles. The maximum atomic E-state index is 12.5. The van der Waals surface area contributed by atoms with Crippen LogP contribution in [-0.4, -0.2) is 42.1 Å². The van der Waals surface area contributed by atoms with E-state index in [4.69, 9.17) is 4.74 Å². The summed E-state index contributed by atoms with van der Waals surface area (Å²) in [5, 5.41) is 1.23. The van der Waals surface area contributed by atoms with Crippen LogP contribution in [0.2, 0.25) is 0 Å². The fourth-order valence-corrected chi connectivity index (χ4v) is 4.23. The van der Waals surface area contributed by atoms with E-state index >= 15 is 0 Å². The van der Waals surface area contributed by atoms with Gasteiger partial charge in [0.05, 0.1) is 17.5 Å². The molecular weight excluding hydrogens is 284 g/mol. The fraction of sp³-hybridized carbons (Fsp3) is 0.750. The molecule has 4 nitrogen and oxygen atoms in total. The number of carbonyl (C=O) groups excluding carboxylic acids is 1. The summed E-state index contributed by atoms with van der Waals surface area (Å²) in [7, 11) is 0. The van der Waals surface area contributed by atoms with Crippen molar-refractivity contribution in [2.24, 2.45) is 5.92 Å². The van der Waals surface area contributed by atoms with Gasteiger partial charge in [-0.05, 0) is 32.6 Å². The van der Waals surface area contributed by atoms with Gasteiger partial charge in [-0.2, -0.15) is 0 Å². The topological polar surface area (TPSA) is 42.4 Å². The van der Waals surface area contributed by atoms with Crippen molar-refractivity contribution in [3.05, 3.63) is 16.1 Å². The molecule has 3 rings (SSSR count). The molecule has 0 saturated carbocycles. The minimum Gasteiger partial charge on any atom is -0.381 e. The second-order valence-electron chi connectivity index (χ2n) is 6.58. The normalized spacial score (nSPS) is 25.8. The molecule has 0 spiro atoms. The van der Waals surface area contributed by atoms with Crippen molar-refractivity contribution >= 4 is 17.2 Å². The molecule has 2 aliphatic heterocycles. The molecule has 1 aromatic heterocycles. The molecule has 5 heteroatoms. The summed E-state index contributed by atoms with van der Waals surface area (Å²) in [5.41, 5.74) is 0.138. The molecule has 3 heterocycles. The SMILES string of the molecule is Cc1cnc(C2(C)CCN(C(=O)[C@H]3CCCOC3)CC2)s1. The van der Waals surface area contributed by atoms with Gasteiger partial charge in [0, 0.05) is 36.2 Å². The van der Waals surface area contributed by atoms with Gasteiger partial charge in [0.2, 0.25) is 5.91 Å². The third kappa shape index (κ3) is 3.14. The highest BCUT2D eigenvalue weighted by molar-refractivity contribution is 7.11. The first-order chi connectivity index (χ1) is 10.1. The Morgan fingerprint density at radius 2 is 2.24 bits per heavy atom. The molecule has 0 N–H and O–H groups in total. The zero-order valence-electron chi connectivity index (χ0n) is 12.9. The van der Waals surface area contributed by atoms with Crippen LogP contribution in [0.4, 0.5) is 0 Å². The Balaban J connectivity index is 1.60. The number of carbonyl (C=O) groups is 1. The van der Waals surface area contributed by atoms with Gasteiger partial charge in [-0.25, -0.2) is 4.98 Å². The summed E-state index contributed by atoms with van der Waals surface area (Å²) in [6.45, 7) is 7.52. The largest absolute Gasteiger partial charge is 0.381 e. The number of amides is 1. The van der Waals surface area contributed by atoms with Crippen LogP contribution in [0.25, 0.3) is 0 Å². The van der Waals surface area contributed by atoms with Gasteiger partial charge >= 0.3 is 0 Å². The third-order valence-corrected chi connectivity index (χ3v) is 6.04. The van der Waals surface area contributed by atoms with E-state index in [1.165, 1.54) is 9.88 Å². The first kappa shape index (κ1) is 15.0. The lowest BCUT2D eigenvalue weighted by atomic mass is 9.80. The van der Waals surface area contributed by atoms with Crippen molar-refractivity contribution in [2.75, 3.05) is 26.3 Å². The van der Waals surface area contributed by atoms with Crippen LogP contribution >= 0.6 is 11.3 Å². The van der Waals surface area contributed by atoms with Gasteiger partial charge in [-0.1, -0.05) is 6.92 Å². The number of likely N-dealkylation sites (tertiary alicyclic amines) is 1. The number of hydrogen-bond acceptors (Lipinski definition) is 4. The lowest BCUT2D eigenvalue weighted by Gasteiger charge is -2.39. The van der Waals surface area contributed by atoms with Gasteiger partial charge in [0.15, 0.2) is 0 Å². The van der Waals surface area contributed by atoms with E-state index in [1.807, 2.05) is 11.1 Å².